The van der Waals surface area contributed by atoms with E-state index in [9.17, 15) is 9.18 Å². The highest BCUT2D eigenvalue weighted by atomic mass is 18.2. The first-order valence-corrected chi connectivity index (χ1v) is 4.23. The molecular formula is C10H12FNO3. The van der Waals surface area contributed by atoms with Gasteiger partial charge in [0.05, 0.1) is 0 Å². The van der Waals surface area contributed by atoms with E-state index in [1.807, 2.05) is 0 Å². The van der Waals surface area contributed by atoms with Crippen LogP contribution in [0.1, 0.15) is 8.30 Å². The third kappa shape index (κ3) is 3.55. The Bertz CT molecular complexity index is 392. The molecule has 0 radical (unpaired) electrons. The van der Waals surface area contributed by atoms with E-state index in [2.05, 4.69) is 4.74 Å². The van der Waals surface area contributed by atoms with Crippen LogP contribution in [0.25, 0.3) is 0 Å². The van der Waals surface area contributed by atoms with Crippen LogP contribution in [0.15, 0.2) is 24.3 Å². The molecule has 4 nitrogen and oxygen atoms in total. The van der Waals surface area contributed by atoms with Crippen molar-refractivity contribution < 1.29 is 21.8 Å². The summed E-state index contributed by atoms with van der Waals surface area (Å²) in [5, 5.41) is 8.60. The minimum absolute atomic E-state index is 0.0187. The molecule has 1 aromatic carbocycles. The van der Waals surface area contributed by atoms with Crippen LogP contribution in [0.3, 0.4) is 0 Å². The maximum atomic E-state index is 12.5. The Balaban J connectivity index is 2.65. The number of alkyl halides is 1. The second-order valence-electron chi connectivity index (χ2n) is 2.97. The molecule has 0 aromatic heterocycles. The summed E-state index contributed by atoms with van der Waals surface area (Å²) in [6.45, 7) is -3.24. The molecular weight excluding hydrogens is 200 g/mol. The Kier molecular flexibility index (Phi) is 3.07. The molecule has 1 rings (SSSR count). The molecule has 0 amide bonds. The van der Waals surface area contributed by atoms with Gasteiger partial charge in [0.25, 0.3) is 0 Å². The van der Waals surface area contributed by atoms with Crippen molar-refractivity contribution >= 4 is 5.97 Å². The molecule has 1 atom stereocenters. The predicted molar refractivity (Wildman–Crippen MR) is 52.4 cm³/mol. The summed E-state index contributed by atoms with van der Waals surface area (Å²) in [7, 11) is 0. The number of benzene rings is 1. The molecule has 3 N–H and O–H groups in total. The van der Waals surface area contributed by atoms with E-state index in [-0.39, 0.29) is 12.2 Å². The quantitative estimate of drug-likeness (QED) is 0.765. The number of hydrogen-bond donors (Lipinski definition) is 2. The Morgan fingerprint density at radius 3 is 2.67 bits per heavy atom. The van der Waals surface area contributed by atoms with Crippen molar-refractivity contribution in [3.63, 3.8) is 0 Å². The zero-order valence-electron chi connectivity index (χ0n) is 9.81. The zero-order valence-corrected chi connectivity index (χ0v) is 7.81. The lowest BCUT2D eigenvalue weighted by atomic mass is 10.1. The number of ether oxygens (including phenoxy) is 1. The number of rotatable bonds is 5. The molecule has 0 spiro atoms. The lowest BCUT2D eigenvalue weighted by Gasteiger charge is -2.07. The molecule has 0 saturated carbocycles. The fraction of sp³-hybridized carbons (Fsp3) is 0.300. The third-order valence-electron chi connectivity index (χ3n) is 1.85. The standard InChI is InChI=1S/C10H12FNO3/c11-6-15-8-3-1-7(2-4-8)5-9(12)10(13)14/h1-4,9H,5-6,12H2,(H,13,14)/i6D2,11-1. The van der Waals surface area contributed by atoms with Gasteiger partial charge < -0.3 is 15.6 Å². The highest BCUT2D eigenvalue weighted by Crippen LogP contribution is 2.13. The lowest BCUT2D eigenvalue weighted by Crippen LogP contribution is -2.32. The maximum Gasteiger partial charge on any atom is 0.320 e. The molecule has 0 aliphatic heterocycles. The number of carboxylic acid groups (broad SMARTS) is 1. The van der Waals surface area contributed by atoms with E-state index in [0.29, 0.717) is 5.56 Å². The number of hydrogen-bond acceptors (Lipinski definition) is 3. The number of carbonyl (C=O) groups is 1. The van der Waals surface area contributed by atoms with Crippen molar-refractivity contribution in [3.05, 3.63) is 29.8 Å². The van der Waals surface area contributed by atoms with E-state index >= 15 is 0 Å². The highest BCUT2D eigenvalue weighted by Gasteiger charge is 2.11. The summed E-state index contributed by atoms with van der Waals surface area (Å²) in [4.78, 5) is 10.5. The summed E-state index contributed by atoms with van der Waals surface area (Å²) in [6.07, 6.45) is 0.137. The second kappa shape index (κ2) is 5.31. The first-order valence-electron chi connectivity index (χ1n) is 5.23. The van der Waals surface area contributed by atoms with Crippen molar-refractivity contribution in [2.24, 2.45) is 5.73 Å². The normalized spacial score (nSPS) is 15.1. The minimum atomic E-state index is -3.24. The van der Waals surface area contributed by atoms with Crippen molar-refractivity contribution in [1.29, 1.82) is 0 Å². The van der Waals surface area contributed by atoms with Gasteiger partial charge in [0.15, 0.2) is 0 Å². The molecule has 15 heavy (non-hydrogen) atoms. The Morgan fingerprint density at radius 1 is 1.60 bits per heavy atom. The molecule has 82 valence electrons. The van der Waals surface area contributed by atoms with Crippen LogP contribution in [0, 0.1) is 0 Å². The lowest BCUT2D eigenvalue weighted by molar-refractivity contribution is -0.138. The molecule has 5 heteroatoms. The molecule has 0 saturated heterocycles. The maximum absolute atomic E-state index is 12.5. The van der Waals surface area contributed by atoms with E-state index in [4.69, 9.17) is 13.6 Å². The van der Waals surface area contributed by atoms with Gasteiger partial charge in [0.1, 0.15) is 14.5 Å². The molecule has 1 unspecified atom stereocenters. The van der Waals surface area contributed by atoms with E-state index in [1.54, 1.807) is 0 Å². The first-order chi connectivity index (χ1) is 7.78. The summed E-state index contributed by atoms with van der Waals surface area (Å²) < 4.78 is 30.0. The van der Waals surface area contributed by atoms with E-state index < -0.39 is 18.8 Å². The Labute approximate surface area is 89.3 Å². The minimum Gasteiger partial charge on any atom is -0.480 e. The largest absolute Gasteiger partial charge is 0.480 e. The van der Waals surface area contributed by atoms with Gasteiger partial charge in [-0.15, -0.1) is 0 Å². The summed E-state index contributed by atoms with van der Waals surface area (Å²) >= 11 is 0. The Morgan fingerprint density at radius 2 is 2.20 bits per heavy atom. The average Bonchev–Trinajstić information content (AvgIpc) is 2.18. The average molecular weight is 214 g/mol. The monoisotopic (exact) mass is 214 g/mol. The molecule has 0 aliphatic carbocycles. The van der Waals surface area contributed by atoms with Crippen molar-refractivity contribution in [3.8, 4) is 5.75 Å². The van der Waals surface area contributed by atoms with Crippen molar-refractivity contribution in [2.45, 2.75) is 12.5 Å². The number of aliphatic carboxylic acids is 1. The van der Waals surface area contributed by atoms with Gasteiger partial charge in [0.2, 0.25) is 6.81 Å². The van der Waals surface area contributed by atoms with Gasteiger partial charge in [-0.05, 0) is 24.1 Å². The third-order valence-corrected chi connectivity index (χ3v) is 1.85. The van der Waals surface area contributed by atoms with Gasteiger partial charge in [0, 0.05) is 0 Å². The van der Waals surface area contributed by atoms with E-state index in [0.717, 1.165) is 0 Å². The summed E-state index contributed by atoms with van der Waals surface area (Å²) in [5.41, 5.74) is 5.98. The van der Waals surface area contributed by atoms with Gasteiger partial charge in [-0.3, -0.25) is 4.79 Å². The summed E-state index contributed by atoms with van der Waals surface area (Å²) in [5.74, 6) is -1.09. The second-order valence-corrected chi connectivity index (χ2v) is 2.97. The van der Waals surface area contributed by atoms with Gasteiger partial charge in [-0.25, -0.2) is 4.39 Å². The number of carboxylic acids is 1. The molecule has 0 bridgehead atoms. The van der Waals surface area contributed by atoms with Gasteiger partial charge >= 0.3 is 5.97 Å². The van der Waals surface area contributed by atoms with E-state index in [1.165, 1.54) is 24.3 Å². The fourth-order valence-corrected chi connectivity index (χ4v) is 1.08. The van der Waals surface area contributed by atoms with Crippen LogP contribution in [0.5, 0.6) is 5.75 Å². The van der Waals surface area contributed by atoms with Crippen molar-refractivity contribution in [1.82, 2.24) is 0 Å². The van der Waals surface area contributed by atoms with Crippen LogP contribution >= 0.6 is 0 Å². The smallest absolute Gasteiger partial charge is 0.320 e. The first kappa shape index (κ1) is 8.67. The van der Waals surface area contributed by atoms with Crippen LogP contribution in [0.2, 0.25) is 0 Å². The molecule has 0 fully saturated rings. The number of nitrogens with two attached hydrogens (primary N) is 1. The highest BCUT2D eigenvalue weighted by molar-refractivity contribution is 5.73. The fourth-order valence-electron chi connectivity index (χ4n) is 1.08. The van der Waals surface area contributed by atoms with Gasteiger partial charge in [-0.2, -0.15) is 0 Å². The van der Waals surface area contributed by atoms with Crippen LogP contribution in [-0.4, -0.2) is 23.9 Å². The summed E-state index contributed by atoms with van der Waals surface area (Å²) in [6, 6.07) is 4.70. The van der Waals surface area contributed by atoms with Crippen molar-refractivity contribution in [2.75, 3.05) is 6.81 Å². The predicted octanol–water partition coefficient (Wildman–Crippen LogP) is 0.947. The van der Waals surface area contributed by atoms with Gasteiger partial charge in [-0.1, -0.05) is 12.1 Å². The molecule has 0 heterocycles. The zero-order chi connectivity index (χ0) is 13.1. The topological polar surface area (TPSA) is 72.5 Å². The number of halogens is 1. The molecule has 0 aliphatic rings. The molecule has 1 aromatic rings. The van der Waals surface area contributed by atoms with Crippen LogP contribution in [-0.2, 0) is 11.2 Å². The SMILES string of the molecule is [2H]C([2H])([18F])Oc1ccc(CC(N)C(=O)O)cc1. The Hall–Kier alpha value is -1.62. The van der Waals surface area contributed by atoms with Crippen LogP contribution < -0.4 is 10.5 Å². The van der Waals surface area contributed by atoms with Crippen LogP contribution in [0.4, 0.5) is 4.39 Å².